The van der Waals surface area contributed by atoms with Gasteiger partial charge in [0.05, 0.1) is 18.4 Å². The van der Waals surface area contributed by atoms with Gasteiger partial charge in [0.25, 0.3) is 5.22 Å². The van der Waals surface area contributed by atoms with Gasteiger partial charge in [0.2, 0.25) is 5.89 Å². The van der Waals surface area contributed by atoms with Crippen molar-refractivity contribution in [3.63, 3.8) is 0 Å². The highest BCUT2D eigenvalue weighted by Gasteiger charge is 2.12. The zero-order valence-corrected chi connectivity index (χ0v) is 17.5. The molecule has 8 heteroatoms. The number of hydrogen-bond donors (Lipinski definition) is 0. The number of para-hydroxylation sites is 1. The minimum Gasteiger partial charge on any atom is -0.496 e. The third-order valence-corrected chi connectivity index (χ3v) is 6.04. The maximum absolute atomic E-state index is 5.74. The highest BCUT2D eigenvalue weighted by atomic mass is 79.9. The van der Waals surface area contributed by atoms with Gasteiger partial charge in [-0.2, -0.15) is 0 Å². The van der Waals surface area contributed by atoms with Crippen molar-refractivity contribution < 1.29 is 9.15 Å². The Morgan fingerprint density at radius 1 is 1.11 bits per heavy atom. The van der Waals surface area contributed by atoms with Crippen LogP contribution in [0.15, 0.2) is 68.0 Å². The molecule has 0 bridgehead atoms. The van der Waals surface area contributed by atoms with Gasteiger partial charge in [0.15, 0.2) is 0 Å². The molecule has 0 atom stereocenters. The van der Waals surface area contributed by atoms with Gasteiger partial charge in [-0.15, -0.1) is 21.5 Å². The fraction of sp³-hybridized carbons (Fsp3) is 0.105. The first-order valence-electron chi connectivity index (χ1n) is 8.03. The molecule has 0 spiro atoms. The maximum Gasteiger partial charge on any atom is 0.277 e. The third kappa shape index (κ3) is 4.23. The van der Waals surface area contributed by atoms with E-state index in [0.717, 1.165) is 32.1 Å². The number of aromatic nitrogens is 3. The lowest BCUT2D eigenvalue weighted by Gasteiger charge is -2.04. The second-order valence-corrected chi connectivity index (χ2v) is 8.21. The number of ether oxygens (including phenoxy) is 1. The molecule has 0 fully saturated rings. The van der Waals surface area contributed by atoms with E-state index >= 15 is 0 Å². The minimum absolute atomic E-state index is 0.512. The minimum atomic E-state index is 0.512. The summed E-state index contributed by atoms with van der Waals surface area (Å²) in [5.74, 6) is 1.99. The van der Waals surface area contributed by atoms with Crippen LogP contribution in [0.1, 0.15) is 5.69 Å². The van der Waals surface area contributed by atoms with Gasteiger partial charge in [0, 0.05) is 21.2 Å². The number of nitrogens with zero attached hydrogens (tertiary/aromatic N) is 3. The van der Waals surface area contributed by atoms with Gasteiger partial charge in [-0.05, 0) is 36.4 Å². The van der Waals surface area contributed by atoms with E-state index in [1.807, 2.05) is 53.9 Å². The molecule has 0 saturated carbocycles. The van der Waals surface area contributed by atoms with Crippen LogP contribution in [0.3, 0.4) is 0 Å². The molecule has 0 aliphatic heterocycles. The predicted octanol–water partition coefficient (Wildman–Crippen LogP) is 5.92. The lowest BCUT2D eigenvalue weighted by atomic mass is 10.2. The molecule has 2 heterocycles. The van der Waals surface area contributed by atoms with Crippen LogP contribution in [0, 0.1) is 0 Å². The van der Waals surface area contributed by atoms with E-state index in [1.54, 1.807) is 18.4 Å². The lowest BCUT2D eigenvalue weighted by Crippen LogP contribution is -1.87. The molecule has 0 unspecified atom stereocenters. The first-order valence-corrected chi connectivity index (χ1v) is 10.7. The number of rotatable bonds is 6. The van der Waals surface area contributed by atoms with Gasteiger partial charge < -0.3 is 9.15 Å². The van der Waals surface area contributed by atoms with Crippen molar-refractivity contribution in [2.24, 2.45) is 0 Å². The predicted molar refractivity (Wildman–Crippen MR) is 111 cm³/mol. The second-order valence-electron chi connectivity index (χ2n) is 5.51. The lowest BCUT2D eigenvalue weighted by molar-refractivity contribution is 0.416. The Kier molecular flexibility index (Phi) is 5.56. The SMILES string of the molecule is COc1ccccc1-c1nc(CSc2nnc(-c3ccc(Br)cc3)o2)cs1. The largest absolute Gasteiger partial charge is 0.496 e. The van der Waals surface area contributed by atoms with Crippen molar-refractivity contribution in [2.75, 3.05) is 7.11 Å². The van der Waals surface area contributed by atoms with E-state index in [-0.39, 0.29) is 0 Å². The third-order valence-electron chi connectivity index (χ3n) is 3.73. The zero-order valence-electron chi connectivity index (χ0n) is 14.3. The molecule has 4 rings (SSSR count). The number of thioether (sulfide) groups is 1. The summed E-state index contributed by atoms with van der Waals surface area (Å²) in [5.41, 5.74) is 2.86. The van der Waals surface area contributed by atoms with Crippen LogP contribution in [-0.2, 0) is 5.75 Å². The highest BCUT2D eigenvalue weighted by Crippen LogP contribution is 2.33. The average Bonchev–Trinajstić information content (AvgIpc) is 3.36. The number of hydrogen-bond acceptors (Lipinski definition) is 7. The second kappa shape index (κ2) is 8.24. The molecule has 0 radical (unpaired) electrons. The molecular formula is C19H14BrN3O2S2. The van der Waals surface area contributed by atoms with Crippen molar-refractivity contribution >= 4 is 39.0 Å². The molecule has 2 aromatic heterocycles. The molecule has 2 aromatic carbocycles. The van der Waals surface area contributed by atoms with Gasteiger partial charge in [-0.3, -0.25) is 0 Å². The Morgan fingerprint density at radius 2 is 1.93 bits per heavy atom. The number of halogens is 1. The summed E-state index contributed by atoms with van der Waals surface area (Å²) in [4.78, 5) is 4.70. The number of benzene rings is 2. The van der Waals surface area contributed by atoms with Crippen molar-refractivity contribution in [3.8, 4) is 27.8 Å². The van der Waals surface area contributed by atoms with Crippen LogP contribution < -0.4 is 4.74 Å². The van der Waals surface area contributed by atoms with E-state index < -0.39 is 0 Å². The molecule has 0 aliphatic carbocycles. The smallest absolute Gasteiger partial charge is 0.277 e. The summed E-state index contributed by atoms with van der Waals surface area (Å²) in [6, 6.07) is 15.6. The quantitative estimate of drug-likeness (QED) is 0.333. The Balaban J connectivity index is 1.44. The molecule has 0 N–H and O–H groups in total. The molecule has 0 amide bonds. The summed E-state index contributed by atoms with van der Waals surface area (Å²) in [6.07, 6.45) is 0. The molecular weight excluding hydrogens is 446 g/mol. The van der Waals surface area contributed by atoms with Gasteiger partial charge in [-0.25, -0.2) is 4.98 Å². The van der Waals surface area contributed by atoms with Crippen molar-refractivity contribution in [1.29, 1.82) is 0 Å². The van der Waals surface area contributed by atoms with E-state index in [9.17, 15) is 0 Å². The molecule has 4 aromatic rings. The first kappa shape index (κ1) is 18.2. The Bertz CT molecular complexity index is 1050. The maximum atomic E-state index is 5.74. The Labute approximate surface area is 172 Å². The fourth-order valence-electron chi connectivity index (χ4n) is 2.43. The number of thiazole rings is 1. The molecule has 0 aliphatic rings. The number of methoxy groups -OCH3 is 1. The van der Waals surface area contributed by atoms with Crippen molar-refractivity contribution in [2.45, 2.75) is 11.0 Å². The highest BCUT2D eigenvalue weighted by molar-refractivity contribution is 9.10. The van der Waals surface area contributed by atoms with Crippen LogP contribution in [0.5, 0.6) is 5.75 Å². The topological polar surface area (TPSA) is 61.0 Å². The Hall–Kier alpha value is -2.16. The van der Waals surface area contributed by atoms with Gasteiger partial charge in [-0.1, -0.05) is 39.8 Å². The van der Waals surface area contributed by atoms with E-state index in [4.69, 9.17) is 14.1 Å². The monoisotopic (exact) mass is 459 g/mol. The van der Waals surface area contributed by atoms with Crippen LogP contribution in [0.2, 0.25) is 0 Å². The molecule has 5 nitrogen and oxygen atoms in total. The van der Waals surface area contributed by atoms with Crippen molar-refractivity contribution in [3.05, 3.63) is 64.1 Å². The molecule has 0 saturated heterocycles. The summed E-state index contributed by atoms with van der Waals surface area (Å²) < 4.78 is 12.2. The van der Waals surface area contributed by atoms with Crippen molar-refractivity contribution in [1.82, 2.24) is 15.2 Å². The molecule has 27 heavy (non-hydrogen) atoms. The van der Waals surface area contributed by atoms with E-state index in [2.05, 4.69) is 26.1 Å². The van der Waals surface area contributed by atoms with Gasteiger partial charge >= 0.3 is 0 Å². The van der Waals surface area contributed by atoms with E-state index in [1.165, 1.54) is 11.8 Å². The van der Waals surface area contributed by atoms with Crippen LogP contribution in [-0.4, -0.2) is 22.3 Å². The van der Waals surface area contributed by atoms with Crippen LogP contribution in [0.25, 0.3) is 22.0 Å². The summed E-state index contributed by atoms with van der Waals surface area (Å²) in [7, 11) is 1.67. The standard InChI is InChI=1S/C19H14BrN3O2S2/c1-24-16-5-3-2-4-15(16)18-21-14(10-26-18)11-27-19-23-22-17(25-19)12-6-8-13(20)9-7-12/h2-10H,11H2,1H3. The Morgan fingerprint density at radius 3 is 2.74 bits per heavy atom. The zero-order chi connectivity index (χ0) is 18.6. The fourth-order valence-corrected chi connectivity index (χ4v) is 4.31. The van der Waals surface area contributed by atoms with Crippen LogP contribution in [0.4, 0.5) is 0 Å². The van der Waals surface area contributed by atoms with Gasteiger partial charge in [0.1, 0.15) is 10.8 Å². The first-order chi connectivity index (χ1) is 13.2. The summed E-state index contributed by atoms with van der Waals surface area (Å²) in [6.45, 7) is 0. The normalized spacial score (nSPS) is 10.9. The van der Waals surface area contributed by atoms with Crippen LogP contribution >= 0.6 is 39.0 Å². The molecule has 136 valence electrons. The average molecular weight is 460 g/mol. The van der Waals surface area contributed by atoms with E-state index in [0.29, 0.717) is 16.9 Å². The summed E-state index contributed by atoms with van der Waals surface area (Å²) >= 11 is 6.49. The summed E-state index contributed by atoms with van der Waals surface area (Å²) in [5, 5.41) is 11.7.